The van der Waals surface area contributed by atoms with Gasteiger partial charge in [-0.3, -0.25) is 0 Å². The molecule has 0 aliphatic carbocycles. The highest BCUT2D eigenvalue weighted by molar-refractivity contribution is 7.89. The minimum atomic E-state index is -3.98. The molecule has 0 heterocycles. The molecule has 6 nitrogen and oxygen atoms in total. The van der Waals surface area contributed by atoms with Gasteiger partial charge >= 0.3 is 5.97 Å². The molecule has 0 bridgehead atoms. The monoisotopic (exact) mass is 355 g/mol. The quantitative estimate of drug-likeness (QED) is 0.650. The predicted octanol–water partition coefficient (Wildman–Crippen LogP) is 2.13. The molecule has 1 aromatic rings. The molecule has 21 heavy (non-hydrogen) atoms. The first kappa shape index (κ1) is 18.2. The summed E-state index contributed by atoms with van der Waals surface area (Å²) in [4.78, 5) is 10.6. The van der Waals surface area contributed by atoms with Gasteiger partial charge in [0.2, 0.25) is 10.0 Å². The van der Waals surface area contributed by atoms with Gasteiger partial charge in [-0.15, -0.1) is 0 Å². The van der Waals surface area contributed by atoms with E-state index in [9.17, 15) is 13.2 Å². The summed E-state index contributed by atoms with van der Waals surface area (Å²) in [6, 6.07) is 2.17. The van der Waals surface area contributed by atoms with Crippen LogP contribution in [0.25, 0.3) is 0 Å². The molecule has 0 aromatic heterocycles. The number of carboxylic acid groups (broad SMARTS) is 1. The van der Waals surface area contributed by atoms with Crippen molar-refractivity contribution in [2.45, 2.75) is 30.8 Å². The van der Waals surface area contributed by atoms with Gasteiger partial charge in [-0.25, -0.2) is 17.9 Å². The molecule has 118 valence electrons. The van der Waals surface area contributed by atoms with E-state index >= 15 is 0 Å². The number of aliphatic hydroxyl groups excluding tert-OH is 1. The first-order valence-electron chi connectivity index (χ1n) is 6.05. The van der Waals surface area contributed by atoms with E-state index in [2.05, 4.69) is 4.72 Å². The molecule has 0 aliphatic heterocycles. The van der Waals surface area contributed by atoms with Gasteiger partial charge in [-0.1, -0.05) is 23.2 Å². The Kier molecular flexibility index (Phi) is 6.42. The summed E-state index contributed by atoms with van der Waals surface area (Å²) in [5, 5.41) is 17.6. The fourth-order valence-corrected chi connectivity index (χ4v) is 3.57. The molecule has 0 saturated heterocycles. The van der Waals surface area contributed by atoms with Gasteiger partial charge in [0.05, 0.1) is 16.7 Å². The average molecular weight is 356 g/mol. The lowest BCUT2D eigenvalue weighted by atomic mass is 10.2. The third kappa shape index (κ3) is 5.12. The zero-order valence-corrected chi connectivity index (χ0v) is 13.5. The maximum Gasteiger partial charge on any atom is 0.337 e. The first-order valence-corrected chi connectivity index (χ1v) is 8.29. The Bertz CT molecular complexity index is 631. The lowest BCUT2D eigenvalue weighted by Crippen LogP contribution is -2.26. The van der Waals surface area contributed by atoms with E-state index in [-0.39, 0.29) is 22.0 Å². The average Bonchev–Trinajstić information content (AvgIpc) is 2.36. The summed E-state index contributed by atoms with van der Waals surface area (Å²) in [7, 11) is -3.98. The molecular weight excluding hydrogens is 341 g/mol. The smallest absolute Gasteiger partial charge is 0.337 e. The molecule has 0 aliphatic rings. The van der Waals surface area contributed by atoms with Crippen LogP contribution in [0.5, 0.6) is 0 Å². The molecular formula is C12H15Cl2NO5S. The van der Waals surface area contributed by atoms with Crippen molar-refractivity contribution < 1.29 is 23.4 Å². The van der Waals surface area contributed by atoms with Crippen molar-refractivity contribution in [3.8, 4) is 0 Å². The Balaban J connectivity index is 3.00. The number of aliphatic hydroxyl groups is 1. The van der Waals surface area contributed by atoms with Gasteiger partial charge in [0.1, 0.15) is 4.90 Å². The van der Waals surface area contributed by atoms with Crippen molar-refractivity contribution in [3.63, 3.8) is 0 Å². The van der Waals surface area contributed by atoms with Crippen molar-refractivity contribution in [3.05, 3.63) is 27.7 Å². The zero-order chi connectivity index (χ0) is 16.2. The molecule has 1 unspecified atom stereocenters. The van der Waals surface area contributed by atoms with Gasteiger partial charge in [0.25, 0.3) is 0 Å². The Hall–Kier alpha value is -0.860. The number of hydrogen-bond donors (Lipinski definition) is 3. The largest absolute Gasteiger partial charge is 0.478 e. The number of carbonyl (C=O) groups is 1. The van der Waals surface area contributed by atoms with E-state index in [0.717, 1.165) is 12.1 Å². The SMILES string of the molecule is CC(O)CCCNS(=O)(=O)c1cc(Cl)cc(C(=O)O)c1Cl. The molecule has 0 amide bonds. The van der Waals surface area contributed by atoms with E-state index in [0.29, 0.717) is 12.8 Å². The lowest BCUT2D eigenvalue weighted by molar-refractivity contribution is 0.0697. The lowest BCUT2D eigenvalue weighted by Gasteiger charge is -2.11. The molecule has 0 spiro atoms. The Morgan fingerprint density at radius 2 is 2.00 bits per heavy atom. The first-order chi connectivity index (χ1) is 9.65. The predicted molar refractivity (Wildman–Crippen MR) is 79.5 cm³/mol. The minimum absolute atomic E-state index is 0.0406. The van der Waals surface area contributed by atoms with Gasteiger partial charge in [-0.2, -0.15) is 0 Å². The topological polar surface area (TPSA) is 104 Å². The fraction of sp³-hybridized carbons (Fsp3) is 0.417. The van der Waals surface area contributed by atoms with E-state index in [4.69, 9.17) is 33.4 Å². The van der Waals surface area contributed by atoms with Crippen LogP contribution in [0.1, 0.15) is 30.1 Å². The number of rotatable bonds is 7. The summed E-state index contributed by atoms with van der Waals surface area (Å²) < 4.78 is 26.5. The standard InChI is InChI=1S/C12H15Cl2NO5S/c1-7(16)3-2-4-15-21(19,20)10-6-8(13)5-9(11(10)14)12(17)18/h5-7,15-16H,2-4H2,1H3,(H,17,18). The second-order valence-corrected chi connectivity index (χ2v) is 7.01. The highest BCUT2D eigenvalue weighted by Gasteiger charge is 2.23. The molecule has 0 fully saturated rings. The maximum absolute atomic E-state index is 12.1. The van der Waals surface area contributed by atoms with Gasteiger partial charge in [0.15, 0.2) is 0 Å². The van der Waals surface area contributed by atoms with E-state index in [1.54, 1.807) is 6.92 Å². The van der Waals surface area contributed by atoms with Crippen molar-refractivity contribution in [1.29, 1.82) is 0 Å². The molecule has 1 aromatic carbocycles. The van der Waals surface area contributed by atoms with Gasteiger partial charge in [0, 0.05) is 11.6 Å². The van der Waals surface area contributed by atoms with Crippen LogP contribution in [-0.4, -0.2) is 37.2 Å². The number of aromatic carboxylic acids is 1. The number of benzene rings is 1. The molecule has 0 radical (unpaired) electrons. The second-order valence-electron chi connectivity index (χ2n) is 4.46. The Morgan fingerprint density at radius 1 is 1.38 bits per heavy atom. The molecule has 3 N–H and O–H groups in total. The molecule has 1 atom stereocenters. The third-order valence-electron chi connectivity index (χ3n) is 2.61. The molecule has 0 saturated carbocycles. The van der Waals surface area contributed by atoms with E-state index in [1.165, 1.54) is 0 Å². The van der Waals surface area contributed by atoms with Crippen molar-refractivity contribution in [2.75, 3.05) is 6.54 Å². The summed E-state index contributed by atoms with van der Waals surface area (Å²) in [5.74, 6) is -1.37. The number of halogens is 2. The van der Waals surface area contributed by atoms with E-state index < -0.39 is 27.1 Å². The van der Waals surface area contributed by atoms with Crippen LogP contribution in [0.15, 0.2) is 17.0 Å². The number of nitrogens with one attached hydrogen (secondary N) is 1. The highest BCUT2D eigenvalue weighted by Crippen LogP contribution is 2.29. The zero-order valence-electron chi connectivity index (χ0n) is 11.1. The van der Waals surface area contributed by atoms with Gasteiger partial charge < -0.3 is 10.2 Å². The third-order valence-corrected chi connectivity index (χ3v) is 4.84. The molecule has 1 rings (SSSR count). The number of hydrogen-bond acceptors (Lipinski definition) is 4. The van der Waals surface area contributed by atoms with Crippen LogP contribution < -0.4 is 4.72 Å². The number of carboxylic acids is 1. The van der Waals surface area contributed by atoms with Crippen LogP contribution >= 0.6 is 23.2 Å². The summed E-state index contributed by atoms with van der Waals surface area (Å²) >= 11 is 11.6. The van der Waals surface area contributed by atoms with Crippen LogP contribution in [0.3, 0.4) is 0 Å². The number of sulfonamides is 1. The van der Waals surface area contributed by atoms with Crippen LogP contribution in [0, 0.1) is 0 Å². The van der Waals surface area contributed by atoms with Crippen LogP contribution in [-0.2, 0) is 10.0 Å². The molecule has 9 heteroatoms. The maximum atomic E-state index is 12.1. The van der Waals surface area contributed by atoms with Gasteiger partial charge in [-0.05, 0) is 31.9 Å². The normalized spacial score (nSPS) is 13.1. The minimum Gasteiger partial charge on any atom is -0.478 e. The Morgan fingerprint density at radius 3 is 2.52 bits per heavy atom. The van der Waals surface area contributed by atoms with E-state index in [1.807, 2.05) is 0 Å². The Labute approximate surface area is 132 Å². The van der Waals surface area contributed by atoms with Crippen molar-refractivity contribution >= 4 is 39.2 Å². The summed E-state index contributed by atoms with van der Waals surface area (Å²) in [6.07, 6.45) is 0.343. The van der Waals surface area contributed by atoms with Crippen molar-refractivity contribution in [1.82, 2.24) is 4.72 Å². The fourth-order valence-electron chi connectivity index (χ4n) is 1.60. The summed E-state index contributed by atoms with van der Waals surface area (Å²) in [6.45, 7) is 1.69. The highest BCUT2D eigenvalue weighted by atomic mass is 35.5. The second kappa shape index (κ2) is 7.42. The van der Waals surface area contributed by atoms with Crippen molar-refractivity contribution in [2.24, 2.45) is 0 Å². The summed E-state index contributed by atoms with van der Waals surface area (Å²) in [5.41, 5.74) is -0.381. The van der Waals surface area contributed by atoms with Crippen LogP contribution in [0.2, 0.25) is 10.0 Å². The van der Waals surface area contributed by atoms with Crippen LogP contribution in [0.4, 0.5) is 0 Å².